The Kier molecular flexibility index (Phi) is 3.42. The van der Waals surface area contributed by atoms with Crippen LogP contribution in [-0.4, -0.2) is 32.8 Å². The van der Waals surface area contributed by atoms with Crippen LogP contribution in [0.5, 0.6) is 0 Å². The van der Waals surface area contributed by atoms with E-state index in [0.29, 0.717) is 19.0 Å². The zero-order chi connectivity index (χ0) is 12.4. The second-order valence-electron chi connectivity index (χ2n) is 4.61. The molecule has 0 radical (unpaired) electrons. The molecule has 1 aromatic rings. The molecule has 17 heavy (non-hydrogen) atoms. The van der Waals surface area contributed by atoms with E-state index in [4.69, 9.17) is 5.73 Å². The third kappa shape index (κ3) is 3.26. The predicted molar refractivity (Wildman–Crippen MR) is 63.3 cm³/mol. The summed E-state index contributed by atoms with van der Waals surface area (Å²) in [6, 6.07) is 0.220. The van der Waals surface area contributed by atoms with Crippen LogP contribution in [0, 0.1) is 13.8 Å². The van der Waals surface area contributed by atoms with Gasteiger partial charge in [-0.1, -0.05) is 0 Å². The van der Waals surface area contributed by atoms with E-state index in [1.165, 1.54) is 0 Å². The number of carbonyl (C=O) groups excluding carboxylic acids is 1. The molecule has 1 aromatic heterocycles. The monoisotopic (exact) mass is 237 g/mol. The summed E-state index contributed by atoms with van der Waals surface area (Å²) in [6.45, 7) is 4.44. The average molecular weight is 237 g/mol. The molecule has 0 spiro atoms. The van der Waals surface area contributed by atoms with E-state index in [1.807, 2.05) is 18.5 Å². The summed E-state index contributed by atoms with van der Waals surface area (Å²) in [5, 5.41) is 7.51. The Morgan fingerprint density at radius 2 is 2.29 bits per heavy atom. The number of amides is 1. The van der Waals surface area contributed by atoms with Gasteiger partial charge in [-0.2, -0.15) is 5.10 Å². The zero-order valence-electron chi connectivity index (χ0n) is 10.3. The average Bonchev–Trinajstić information content (AvgIpc) is 2.99. The molecule has 1 heterocycles. The summed E-state index contributed by atoms with van der Waals surface area (Å²) in [7, 11) is 0. The minimum atomic E-state index is -0.286. The lowest BCUT2D eigenvalue weighted by atomic mass is 10.2. The van der Waals surface area contributed by atoms with Crippen molar-refractivity contribution in [1.29, 1.82) is 0 Å². The van der Waals surface area contributed by atoms with E-state index >= 15 is 0 Å². The second-order valence-corrected chi connectivity index (χ2v) is 4.61. The lowest BCUT2D eigenvalue weighted by molar-refractivity contribution is -0.120. The van der Waals surface area contributed by atoms with Gasteiger partial charge in [0.15, 0.2) is 0 Å². The number of aryl methyl sites for hydroxylation is 3. The second kappa shape index (κ2) is 4.83. The number of hydrogen-bond acceptors (Lipinski definition) is 4. The van der Waals surface area contributed by atoms with Crippen LogP contribution in [0.3, 0.4) is 0 Å². The first-order chi connectivity index (χ1) is 8.06. The van der Waals surface area contributed by atoms with Crippen molar-refractivity contribution < 1.29 is 4.79 Å². The number of carbonyl (C=O) groups is 1. The quantitative estimate of drug-likeness (QED) is 0.723. The molecule has 2 rings (SSSR count). The van der Waals surface area contributed by atoms with Gasteiger partial charge in [-0.15, -0.1) is 0 Å². The van der Waals surface area contributed by atoms with Gasteiger partial charge in [-0.25, -0.2) is 4.98 Å². The molecule has 0 aliphatic heterocycles. The zero-order valence-corrected chi connectivity index (χ0v) is 10.3. The Hall–Kier alpha value is -1.43. The van der Waals surface area contributed by atoms with Crippen molar-refractivity contribution in [2.24, 2.45) is 5.73 Å². The fourth-order valence-corrected chi connectivity index (χ4v) is 1.87. The molecule has 1 saturated carbocycles. The molecule has 6 heteroatoms. The van der Waals surface area contributed by atoms with Gasteiger partial charge in [0, 0.05) is 12.6 Å². The van der Waals surface area contributed by atoms with Crippen LogP contribution in [0.25, 0.3) is 0 Å². The fourth-order valence-electron chi connectivity index (χ4n) is 1.87. The van der Waals surface area contributed by atoms with Gasteiger partial charge in [0.05, 0.1) is 6.04 Å². The summed E-state index contributed by atoms with van der Waals surface area (Å²) in [6.07, 6.45) is 2.95. The van der Waals surface area contributed by atoms with Crippen LogP contribution in [0.1, 0.15) is 30.9 Å². The molecule has 1 atom stereocenters. The van der Waals surface area contributed by atoms with E-state index in [0.717, 1.165) is 24.5 Å². The van der Waals surface area contributed by atoms with Crippen molar-refractivity contribution >= 4 is 5.91 Å². The largest absolute Gasteiger partial charge is 0.368 e. The summed E-state index contributed by atoms with van der Waals surface area (Å²) < 4.78 is 1.82. The van der Waals surface area contributed by atoms with Gasteiger partial charge in [0.25, 0.3) is 0 Å². The van der Waals surface area contributed by atoms with Crippen molar-refractivity contribution in [3.8, 4) is 0 Å². The number of rotatable bonds is 6. The van der Waals surface area contributed by atoms with Crippen LogP contribution in [0.4, 0.5) is 0 Å². The lowest BCUT2D eigenvalue weighted by Gasteiger charge is -2.14. The van der Waals surface area contributed by atoms with Gasteiger partial charge in [0.2, 0.25) is 5.91 Å². The molecule has 0 saturated heterocycles. The number of nitrogens with zero attached hydrogens (tertiary/aromatic N) is 3. The Bertz CT molecular complexity index is 410. The number of nitrogens with one attached hydrogen (secondary N) is 1. The van der Waals surface area contributed by atoms with Gasteiger partial charge in [-0.3, -0.25) is 9.48 Å². The maximum Gasteiger partial charge on any atom is 0.234 e. The lowest BCUT2D eigenvalue weighted by Crippen LogP contribution is -2.43. The highest BCUT2D eigenvalue weighted by Crippen LogP contribution is 2.20. The number of aromatic nitrogens is 3. The highest BCUT2D eigenvalue weighted by molar-refractivity contribution is 5.79. The molecular formula is C11H19N5O. The molecule has 94 valence electrons. The third-order valence-electron chi connectivity index (χ3n) is 2.95. The highest BCUT2D eigenvalue weighted by atomic mass is 16.1. The molecule has 6 nitrogen and oxygen atoms in total. The smallest absolute Gasteiger partial charge is 0.234 e. The van der Waals surface area contributed by atoms with Crippen LogP contribution in [-0.2, 0) is 11.3 Å². The van der Waals surface area contributed by atoms with E-state index in [1.54, 1.807) is 0 Å². The SMILES string of the molecule is Cc1nc(C)n(CCC(NC2CC2)C(N)=O)n1. The Morgan fingerprint density at radius 1 is 1.59 bits per heavy atom. The molecule has 1 amide bonds. The van der Waals surface area contributed by atoms with Crippen LogP contribution in [0.2, 0.25) is 0 Å². The fraction of sp³-hybridized carbons (Fsp3) is 0.727. The van der Waals surface area contributed by atoms with Crippen molar-refractivity contribution in [1.82, 2.24) is 20.1 Å². The first-order valence-electron chi connectivity index (χ1n) is 5.99. The van der Waals surface area contributed by atoms with Crippen LogP contribution in [0.15, 0.2) is 0 Å². The summed E-state index contributed by atoms with van der Waals surface area (Å²) in [5.74, 6) is 1.34. The molecule has 1 unspecified atom stereocenters. The van der Waals surface area contributed by atoms with Crippen molar-refractivity contribution in [2.45, 2.75) is 51.7 Å². The van der Waals surface area contributed by atoms with E-state index in [-0.39, 0.29) is 11.9 Å². The normalized spacial score (nSPS) is 17.1. The third-order valence-corrected chi connectivity index (χ3v) is 2.95. The number of hydrogen-bond donors (Lipinski definition) is 2. The number of nitrogens with two attached hydrogens (primary N) is 1. The van der Waals surface area contributed by atoms with Crippen LogP contribution >= 0.6 is 0 Å². The minimum absolute atomic E-state index is 0.258. The Balaban J connectivity index is 1.89. The van der Waals surface area contributed by atoms with Crippen molar-refractivity contribution in [3.63, 3.8) is 0 Å². The minimum Gasteiger partial charge on any atom is -0.368 e. The van der Waals surface area contributed by atoms with Gasteiger partial charge < -0.3 is 11.1 Å². The summed E-state index contributed by atoms with van der Waals surface area (Å²) in [4.78, 5) is 15.5. The molecular weight excluding hydrogens is 218 g/mol. The Labute approximate surface area is 101 Å². The Morgan fingerprint density at radius 3 is 2.76 bits per heavy atom. The highest BCUT2D eigenvalue weighted by Gasteiger charge is 2.27. The molecule has 1 fully saturated rings. The van der Waals surface area contributed by atoms with E-state index in [9.17, 15) is 4.79 Å². The molecule has 0 bridgehead atoms. The first-order valence-corrected chi connectivity index (χ1v) is 5.99. The topological polar surface area (TPSA) is 85.8 Å². The van der Waals surface area contributed by atoms with Gasteiger partial charge in [-0.05, 0) is 33.1 Å². The predicted octanol–water partition coefficient (Wildman–Crippen LogP) is -0.109. The van der Waals surface area contributed by atoms with Crippen molar-refractivity contribution in [2.75, 3.05) is 0 Å². The molecule has 0 aromatic carbocycles. The van der Waals surface area contributed by atoms with Gasteiger partial charge >= 0.3 is 0 Å². The molecule has 1 aliphatic rings. The number of primary amides is 1. The maximum absolute atomic E-state index is 11.3. The van der Waals surface area contributed by atoms with Gasteiger partial charge in [0.1, 0.15) is 11.6 Å². The molecule has 1 aliphatic carbocycles. The van der Waals surface area contributed by atoms with Crippen LogP contribution < -0.4 is 11.1 Å². The maximum atomic E-state index is 11.3. The summed E-state index contributed by atoms with van der Waals surface area (Å²) >= 11 is 0. The first kappa shape index (κ1) is 12.0. The standard InChI is InChI=1S/C11H19N5O/c1-7-13-8(2)16(15-7)6-5-10(11(12)17)14-9-3-4-9/h9-10,14H,3-6H2,1-2H3,(H2,12,17). The summed E-state index contributed by atoms with van der Waals surface area (Å²) in [5.41, 5.74) is 5.37. The van der Waals surface area contributed by atoms with Crippen molar-refractivity contribution in [3.05, 3.63) is 11.6 Å². The van der Waals surface area contributed by atoms with E-state index < -0.39 is 0 Å². The van der Waals surface area contributed by atoms with E-state index in [2.05, 4.69) is 15.4 Å². The molecule has 3 N–H and O–H groups in total.